The van der Waals surface area contributed by atoms with E-state index in [1.807, 2.05) is 0 Å². The highest BCUT2D eigenvalue weighted by atomic mass is 79.9. The van der Waals surface area contributed by atoms with Gasteiger partial charge in [-0.3, -0.25) is 9.59 Å². The third-order valence-corrected chi connectivity index (χ3v) is 3.92. The largest absolute Gasteiger partial charge is 0.368 e. The molecular formula is C13H10BrF4NO2. The summed E-state index contributed by atoms with van der Waals surface area (Å²) in [5.74, 6) is -7.05. The highest BCUT2D eigenvalue weighted by molar-refractivity contribution is 9.10. The number of nitrogens with zero attached hydrogens (tertiary/aromatic N) is 1. The van der Waals surface area contributed by atoms with E-state index in [-0.39, 0.29) is 10.4 Å². The normalized spacial score (nSPS) is 14.5. The van der Waals surface area contributed by atoms with E-state index in [2.05, 4.69) is 15.9 Å². The Morgan fingerprint density at radius 3 is 2.48 bits per heavy atom. The number of amides is 1. The lowest BCUT2D eigenvalue weighted by Crippen LogP contribution is -2.37. The van der Waals surface area contributed by atoms with Crippen LogP contribution >= 0.6 is 15.9 Å². The van der Waals surface area contributed by atoms with Crippen molar-refractivity contribution in [3.63, 3.8) is 0 Å². The molecule has 2 rings (SSSR count). The Hall–Kier alpha value is -1.44. The second-order valence-electron chi connectivity index (χ2n) is 4.63. The van der Waals surface area contributed by atoms with Gasteiger partial charge in [0.2, 0.25) is 11.7 Å². The lowest BCUT2D eigenvalue weighted by atomic mass is 10.0. The van der Waals surface area contributed by atoms with E-state index in [0.29, 0.717) is 24.2 Å². The minimum Gasteiger partial charge on any atom is -0.312 e. The van der Waals surface area contributed by atoms with Crippen molar-refractivity contribution >= 4 is 33.3 Å². The number of carbonyl (C=O) groups is 2. The number of alkyl halides is 4. The van der Waals surface area contributed by atoms with E-state index in [4.69, 9.17) is 0 Å². The Balaban J connectivity index is 2.50. The second kappa shape index (κ2) is 5.40. The number of hydrogen-bond donors (Lipinski definition) is 0. The fraction of sp³-hybridized carbons (Fsp3) is 0.385. The Kier molecular flexibility index (Phi) is 4.10. The monoisotopic (exact) mass is 367 g/mol. The van der Waals surface area contributed by atoms with Crippen LogP contribution in [0.15, 0.2) is 16.6 Å². The predicted octanol–water partition coefficient (Wildman–Crippen LogP) is 3.44. The molecule has 0 saturated heterocycles. The van der Waals surface area contributed by atoms with E-state index < -0.39 is 23.7 Å². The van der Waals surface area contributed by atoms with Gasteiger partial charge in [0.05, 0.1) is 0 Å². The number of halogens is 5. The van der Waals surface area contributed by atoms with Crippen LogP contribution in [-0.4, -0.2) is 30.6 Å². The van der Waals surface area contributed by atoms with Crippen molar-refractivity contribution in [2.75, 3.05) is 11.4 Å². The molecular weight excluding hydrogens is 358 g/mol. The maximum absolute atomic E-state index is 13.2. The number of carbonyl (C=O) groups excluding carboxylic acids is 2. The highest BCUT2D eigenvalue weighted by Crippen LogP contribution is 2.37. The molecule has 0 spiro atoms. The SMILES string of the molecule is CC(=O)N1CCc2cc(Br)c(C(=O)C(F)(F)C(F)F)cc21. The fourth-order valence-electron chi connectivity index (χ4n) is 2.19. The molecule has 0 bridgehead atoms. The summed E-state index contributed by atoms with van der Waals surface area (Å²) >= 11 is 2.95. The van der Waals surface area contributed by atoms with Crippen LogP contribution in [0.25, 0.3) is 0 Å². The van der Waals surface area contributed by atoms with Gasteiger partial charge in [0.15, 0.2) is 0 Å². The third-order valence-electron chi connectivity index (χ3n) is 3.27. The summed E-state index contributed by atoms with van der Waals surface area (Å²) in [7, 11) is 0. The molecule has 3 nitrogen and oxygen atoms in total. The van der Waals surface area contributed by atoms with Crippen LogP contribution in [-0.2, 0) is 11.2 Å². The van der Waals surface area contributed by atoms with Crippen molar-refractivity contribution < 1.29 is 27.2 Å². The maximum atomic E-state index is 13.2. The van der Waals surface area contributed by atoms with Gasteiger partial charge in [-0.15, -0.1) is 0 Å². The summed E-state index contributed by atoms with van der Waals surface area (Å²) in [6, 6.07) is 2.47. The van der Waals surface area contributed by atoms with Crippen molar-refractivity contribution in [3.8, 4) is 0 Å². The molecule has 1 heterocycles. The molecule has 21 heavy (non-hydrogen) atoms. The zero-order chi connectivity index (χ0) is 15.9. The first-order valence-electron chi connectivity index (χ1n) is 5.97. The summed E-state index contributed by atoms with van der Waals surface area (Å²) in [6.45, 7) is 1.66. The number of rotatable bonds is 3. The van der Waals surface area contributed by atoms with Crippen molar-refractivity contribution in [1.29, 1.82) is 0 Å². The van der Waals surface area contributed by atoms with Crippen LogP contribution in [0, 0.1) is 0 Å². The van der Waals surface area contributed by atoms with Crippen molar-refractivity contribution in [2.24, 2.45) is 0 Å². The van der Waals surface area contributed by atoms with Crippen molar-refractivity contribution in [3.05, 3.63) is 27.7 Å². The average molecular weight is 368 g/mol. The van der Waals surface area contributed by atoms with Gasteiger partial charge >= 0.3 is 12.3 Å². The first-order chi connectivity index (χ1) is 9.66. The summed E-state index contributed by atoms with van der Waals surface area (Å²) in [4.78, 5) is 24.4. The summed E-state index contributed by atoms with van der Waals surface area (Å²) < 4.78 is 51.1. The van der Waals surface area contributed by atoms with Crippen LogP contribution in [0.5, 0.6) is 0 Å². The molecule has 0 aliphatic carbocycles. The molecule has 1 aliphatic heterocycles. The number of Topliss-reactive ketones (excluding diaryl/α,β-unsaturated/α-hetero) is 1. The standard InChI is InChI=1S/C13H10BrF4NO2/c1-6(20)19-3-2-7-4-9(14)8(5-10(7)19)11(21)13(17,18)12(15)16/h4-5,12H,2-3H2,1H3. The van der Waals surface area contributed by atoms with Gasteiger partial charge in [-0.05, 0) is 24.1 Å². The van der Waals surface area contributed by atoms with Crippen LogP contribution in [0.1, 0.15) is 22.8 Å². The van der Waals surface area contributed by atoms with E-state index in [1.165, 1.54) is 17.9 Å². The first-order valence-corrected chi connectivity index (χ1v) is 6.76. The van der Waals surface area contributed by atoms with Crippen LogP contribution in [0.4, 0.5) is 23.2 Å². The highest BCUT2D eigenvalue weighted by Gasteiger charge is 2.49. The minimum atomic E-state index is -4.77. The van der Waals surface area contributed by atoms with E-state index >= 15 is 0 Å². The van der Waals surface area contributed by atoms with Crippen molar-refractivity contribution in [1.82, 2.24) is 0 Å². The summed E-state index contributed by atoms with van der Waals surface area (Å²) in [5, 5.41) is 0. The fourth-order valence-corrected chi connectivity index (χ4v) is 2.76. The molecule has 0 saturated carbocycles. The average Bonchev–Trinajstić information content (AvgIpc) is 2.79. The quantitative estimate of drug-likeness (QED) is 0.606. The molecule has 0 unspecified atom stereocenters. The number of ketones is 1. The summed E-state index contributed by atoms with van der Waals surface area (Å²) in [6.07, 6.45) is -3.58. The molecule has 0 fully saturated rings. The maximum Gasteiger partial charge on any atom is 0.368 e. The predicted molar refractivity (Wildman–Crippen MR) is 71.2 cm³/mol. The number of fused-ring (bicyclic) bond motifs is 1. The third kappa shape index (κ3) is 2.68. The lowest BCUT2D eigenvalue weighted by molar-refractivity contribution is -0.116. The Morgan fingerprint density at radius 2 is 1.95 bits per heavy atom. The zero-order valence-electron chi connectivity index (χ0n) is 10.8. The second-order valence-corrected chi connectivity index (χ2v) is 5.49. The lowest BCUT2D eigenvalue weighted by Gasteiger charge is -2.18. The molecule has 1 aromatic rings. The van der Waals surface area contributed by atoms with Gasteiger partial charge in [0.1, 0.15) is 0 Å². The number of hydrogen-bond acceptors (Lipinski definition) is 2. The van der Waals surface area contributed by atoms with Crippen LogP contribution < -0.4 is 4.90 Å². The Labute approximate surface area is 126 Å². The molecule has 1 aliphatic rings. The number of anilines is 1. The van der Waals surface area contributed by atoms with Crippen LogP contribution in [0.2, 0.25) is 0 Å². The number of benzene rings is 1. The molecule has 0 atom stereocenters. The molecule has 0 radical (unpaired) electrons. The molecule has 1 aromatic carbocycles. The Bertz CT molecular complexity index is 618. The van der Waals surface area contributed by atoms with Gasteiger partial charge in [0, 0.05) is 29.2 Å². The molecule has 0 N–H and O–H groups in total. The van der Waals surface area contributed by atoms with Crippen LogP contribution in [0.3, 0.4) is 0 Å². The van der Waals surface area contributed by atoms with Crippen molar-refractivity contribution in [2.45, 2.75) is 25.7 Å². The summed E-state index contributed by atoms with van der Waals surface area (Å²) in [5.41, 5.74) is 0.431. The topological polar surface area (TPSA) is 37.4 Å². The van der Waals surface area contributed by atoms with Gasteiger partial charge in [-0.1, -0.05) is 15.9 Å². The van der Waals surface area contributed by atoms with Gasteiger partial charge in [-0.2, -0.15) is 8.78 Å². The van der Waals surface area contributed by atoms with Gasteiger partial charge < -0.3 is 4.90 Å². The Morgan fingerprint density at radius 1 is 1.33 bits per heavy atom. The van der Waals surface area contributed by atoms with E-state index in [9.17, 15) is 27.2 Å². The zero-order valence-corrected chi connectivity index (χ0v) is 12.4. The first kappa shape index (κ1) is 15.9. The molecule has 114 valence electrons. The van der Waals surface area contributed by atoms with Gasteiger partial charge in [0.25, 0.3) is 0 Å². The molecule has 1 amide bonds. The van der Waals surface area contributed by atoms with E-state index in [0.717, 1.165) is 6.07 Å². The smallest absolute Gasteiger partial charge is 0.312 e. The van der Waals surface area contributed by atoms with Gasteiger partial charge in [-0.25, -0.2) is 8.78 Å². The minimum absolute atomic E-state index is 0.0111. The molecule has 8 heteroatoms. The van der Waals surface area contributed by atoms with E-state index in [1.54, 1.807) is 0 Å². The molecule has 0 aromatic heterocycles.